The van der Waals surface area contributed by atoms with Crippen LogP contribution in [0.2, 0.25) is 0 Å². The first kappa shape index (κ1) is 22.3. The lowest BCUT2D eigenvalue weighted by Gasteiger charge is -2.18. The topological polar surface area (TPSA) is 67.9 Å². The smallest absolute Gasteiger partial charge is 0.265 e. The van der Waals surface area contributed by atoms with Crippen molar-refractivity contribution in [2.75, 3.05) is 26.0 Å². The Bertz CT molecular complexity index is 844. The molecule has 0 bridgehead atoms. The Balaban J connectivity index is 1.94. The molecule has 1 atom stereocenters. The number of nitrogens with one attached hydrogen (secondary N) is 1. The second kappa shape index (κ2) is 9.96. The highest BCUT2D eigenvalue weighted by atomic mass is 16.5. The zero-order chi connectivity index (χ0) is 21.6. The second-order valence-electron chi connectivity index (χ2n) is 7.53. The Morgan fingerprint density at radius 3 is 2.28 bits per heavy atom. The van der Waals surface area contributed by atoms with E-state index in [2.05, 4.69) is 25.2 Å². The van der Waals surface area contributed by atoms with E-state index in [4.69, 9.17) is 9.47 Å². The molecule has 0 aliphatic carbocycles. The number of carbonyl (C=O) groups is 2. The van der Waals surface area contributed by atoms with Crippen LogP contribution in [0.1, 0.15) is 37.8 Å². The molecule has 0 spiro atoms. The Morgan fingerprint density at radius 2 is 1.69 bits per heavy atom. The lowest BCUT2D eigenvalue weighted by Crippen LogP contribution is -2.30. The summed E-state index contributed by atoms with van der Waals surface area (Å²) in [5.41, 5.74) is 2.79. The first-order valence-electron chi connectivity index (χ1n) is 9.68. The molecule has 6 heteroatoms. The van der Waals surface area contributed by atoms with Crippen molar-refractivity contribution in [3.8, 4) is 11.5 Å². The summed E-state index contributed by atoms with van der Waals surface area (Å²) in [7, 11) is 3.35. The summed E-state index contributed by atoms with van der Waals surface area (Å²) >= 11 is 0. The minimum Gasteiger partial charge on any atom is -0.484 e. The molecule has 0 fully saturated rings. The van der Waals surface area contributed by atoms with Gasteiger partial charge in [-0.3, -0.25) is 9.59 Å². The summed E-state index contributed by atoms with van der Waals surface area (Å²) in [5.74, 6) is 1.30. The molecule has 1 unspecified atom stereocenters. The molecule has 0 aliphatic rings. The van der Waals surface area contributed by atoms with Gasteiger partial charge in [0.15, 0.2) is 12.7 Å². The summed E-state index contributed by atoms with van der Waals surface area (Å²) in [6.45, 7) is 7.89. The maximum atomic E-state index is 12.5. The molecule has 2 aromatic rings. The van der Waals surface area contributed by atoms with Crippen LogP contribution in [-0.4, -0.2) is 43.5 Å². The number of benzene rings is 2. The van der Waals surface area contributed by atoms with Gasteiger partial charge in [-0.25, -0.2) is 0 Å². The molecule has 2 amide bonds. The number of hydrogen-bond acceptors (Lipinski definition) is 4. The van der Waals surface area contributed by atoms with E-state index in [0.717, 1.165) is 5.56 Å². The monoisotopic (exact) mass is 398 g/mol. The summed E-state index contributed by atoms with van der Waals surface area (Å²) in [4.78, 5) is 25.5. The predicted molar refractivity (Wildman–Crippen MR) is 115 cm³/mol. The van der Waals surface area contributed by atoms with Gasteiger partial charge in [0.1, 0.15) is 11.5 Å². The Hall–Kier alpha value is -3.02. The van der Waals surface area contributed by atoms with Crippen LogP contribution in [0, 0.1) is 6.92 Å². The van der Waals surface area contributed by atoms with Crippen molar-refractivity contribution in [2.45, 2.75) is 39.7 Å². The molecule has 6 nitrogen and oxygen atoms in total. The van der Waals surface area contributed by atoms with Gasteiger partial charge in [-0.15, -0.1) is 0 Å². The molecule has 0 radical (unpaired) electrons. The largest absolute Gasteiger partial charge is 0.484 e. The number of amides is 2. The van der Waals surface area contributed by atoms with Crippen molar-refractivity contribution in [3.05, 3.63) is 53.6 Å². The normalized spacial score (nSPS) is 11.7. The molecule has 1 N–H and O–H groups in total. The third-order valence-corrected chi connectivity index (χ3v) is 4.53. The summed E-state index contributed by atoms with van der Waals surface area (Å²) < 4.78 is 11.3. The molecule has 156 valence electrons. The fourth-order valence-electron chi connectivity index (χ4n) is 2.50. The molecule has 0 aliphatic heterocycles. The van der Waals surface area contributed by atoms with Crippen molar-refractivity contribution in [2.24, 2.45) is 0 Å². The molecular weight excluding hydrogens is 368 g/mol. The first-order chi connectivity index (χ1) is 13.7. The highest BCUT2D eigenvalue weighted by Gasteiger charge is 2.17. The van der Waals surface area contributed by atoms with Gasteiger partial charge in [-0.1, -0.05) is 26.0 Å². The van der Waals surface area contributed by atoms with E-state index in [1.165, 1.54) is 10.5 Å². The first-order valence-corrected chi connectivity index (χ1v) is 9.68. The molecule has 0 saturated carbocycles. The van der Waals surface area contributed by atoms with Gasteiger partial charge in [0, 0.05) is 19.8 Å². The van der Waals surface area contributed by atoms with Crippen molar-refractivity contribution < 1.29 is 19.1 Å². The van der Waals surface area contributed by atoms with Crippen LogP contribution < -0.4 is 14.8 Å². The Morgan fingerprint density at radius 1 is 1.03 bits per heavy atom. The van der Waals surface area contributed by atoms with Crippen LogP contribution in [0.5, 0.6) is 11.5 Å². The fraction of sp³-hybridized carbons (Fsp3) is 0.391. The number of hydrogen-bond donors (Lipinski definition) is 1. The van der Waals surface area contributed by atoms with Crippen molar-refractivity contribution in [1.82, 2.24) is 4.90 Å². The predicted octanol–water partition coefficient (Wildman–Crippen LogP) is 3.99. The van der Waals surface area contributed by atoms with Crippen molar-refractivity contribution in [3.63, 3.8) is 0 Å². The van der Waals surface area contributed by atoms with Crippen molar-refractivity contribution >= 4 is 17.5 Å². The van der Waals surface area contributed by atoms with E-state index < -0.39 is 6.10 Å². The fourth-order valence-corrected chi connectivity index (χ4v) is 2.50. The highest BCUT2D eigenvalue weighted by molar-refractivity contribution is 5.94. The van der Waals surface area contributed by atoms with Crippen molar-refractivity contribution in [1.29, 1.82) is 0 Å². The maximum Gasteiger partial charge on any atom is 0.265 e. The zero-order valence-corrected chi connectivity index (χ0v) is 18.0. The zero-order valence-electron chi connectivity index (χ0n) is 18.0. The van der Waals surface area contributed by atoms with Crippen LogP contribution in [0.25, 0.3) is 0 Å². The second-order valence-corrected chi connectivity index (χ2v) is 7.53. The summed E-state index contributed by atoms with van der Waals surface area (Å²) in [5, 5.41) is 2.83. The summed E-state index contributed by atoms with van der Waals surface area (Å²) in [6.07, 6.45) is -0.648. The average Bonchev–Trinajstić information content (AvgIpc) is 2.68. The maximum absolute atomic E-state index is 12.5. The Labute approximate surface area is 172 Å². The molecule has 0 heterocycles. The number of carbonyl (C=O) groups excluding carboxylic acids is 2. The van der Waals surface area contributed by atoms with Crippen LogP contribution in [-0.2, 0) is 9.59 Å². The molecule has 29 heavy (non-hydrogen) atoms. The van der Waals surface area contributed by atoms with E-state index in [1.807, 2.05) is 19.1 Å². The van der Waals surface area contributed by atoms with Gasteiger partial charge < -0.3 is 19.7 Å². The van der Waals surface area contributed by atoms with E-state index in [0.29, 0.717) is 23.1 Å². The number of aryl methyl sites for hydroxylation is 1. The third-order valence-electron chi connectivity index (χ3n) is 4.53. The molecule has 0 saturated heterocycles. The van der Waals surface area contributed by atoms with E-state index >= 15 is 0 Å². The SMILES string of the molecule is Cc1ccc(C(C)C)cc1OC(C)C(=O)Nc1ccc(OCC(=O)N(C)C)cc1. The van der Waals surface area contributed by atoms with Crippen LogP contribution in [0.3, 0.4) is 0 Å². The van der Waals surface area contributed by atoms with Gasteiger partial charge in [0.25, 0.3) is 11.8 Å². The van der Waals surface area contributed by atoms with Crippen LogP contribution in [0.4, 0.5) is 5.69 Å². The van der Waals surface area contributed by atoms with Crippen LogP contribution >= 0.6 is 0 Å². The van der Waals surface area contributed by atoms with E-state index in [-0.39, 0.29) is 18.4 Å². The molecule has 2 aromatic carbocycles. The molecular formula is C23H30N2O4. The van der Waals surface area contributed by atoms with Gasteiger partial charge in [0.2, 0.25) is 0 Å². The lowest BCUT2D eigenvalue weighted by atomic mass is 10.0. The van der Waals surface area contributed by atoms with Gasteiger partial charge >= 0.3 is 0 Å². The highest BCUT2D eigenvalue weighted by Crippen LogP contribution is 2.25. The minimum absolute atomic E-state index is 0.0294. The van der Waals surface area contributed by atoms with Crippen LogP contribution in [0.15, 0.2) is 42.5 Å². The number of ether oxygens (including phenoxy) is 2. The molecule has 0 aromatic heterocycles. The standard InChI is InChI=1S/C23H30N2O4/c1-15(2)18-8-7-16(3)21(13-18)29-17(4)23(27)24-19-9-11-20(12-10-19)28-14-22(26)25(5)6/h7-13,15,17H,14H2,1-6H3,(H,24,27). The third kappa shape index (κ3) is 6.52. The lowest BCUT2D eigenvalue weighted by molar-refractivity contribution is -0.130. The summed E-state index contributed by atoms with van der Waals surface area (Å²) in [6, 6.07) is 12.9. The number of anilines is 1. The quantitative estimate of drug-likeness (QED) is 0.730. The van der Waals surface area contributed by atoms with E-state index in [1.54, 1.807) is 45.3 Å². The van der Waals surface area contributed by atoms with E-state index in [9.17, 15) is 9.59 Å². The van der Waals surface area contributed by atoms with Gasteiger partial charge in [-0.2, -0.15) is 0 Å². The number of rotatable bonds is 8. The van der Waals surface area contributed by atoms with Gasteiger partial charge in [0.05, 0.1) is 0 Å². The number of nitrogens with zero attached hydrogens (tertiary/aromatic N) is 1. The Kier molecular flexibility index (Phi) is 7.65. The number of likely N-dealkylation sites (N-methyl/N-ethyl adjacent to an activating group) is 1. The molecule has 2 rings (SSSR count). The average molecular weight is 399 g/mol. The minimum atomic E-state index is -0.648. The van der Waals surface area contributed by atoms with Gasteiger partial charge in [-0.05, 0) is 61.2 Å².